The molecule has 1 N–H and O–H groups in total. The van der Waals surface area contributed by atoms with Crippen LogP contribution in [0.3, 0.4) is 0 Å². The van der Waals surface area contributed by atoms with Crippen LogP contribution in [0.2, 0.25) is 0 Å². The van der Waals surface area contributed by atoms with Gasteiger partial charge in [-0.25, -0.2) is 0 Å². The highest BCUT2D eigenvalue weighted by Gasteiger charge is 2.14. The van der Waals surface area contributed by atoms with Gasteiger partial charge in [0.25, 0.3) is 5.91 Å². The molecule has 0 spiro atoms. The van der Waals surface area contributed by atoms with E-state index in [0.29, 0.717) is 28.1 Å². The van der Waals surface area contributed by atoms with E-state index in [4.69, 9.17) is 9.47 Å². The maximum Gasteiger partial charge on any atom is 0.251 e. The lowest BCUT2D eigenvalue weighted by atomic mass is 10.1. The van der Waals surface area contributed by atoms with E-state index < -0.39 is 0 Å². The van der Waals surface area contributed by atoms with E-state index in [0.717, 1.165) is 19.3 Å². The zero-order chi connectivity index (χ0) is 14.3. The molecule has 0 bridgehead atoms. The lowest BCUT2D eigenvalue weighted by Gasteiger charge is -2.11. The van der Waals surface area contributed by atoms with Crippen molar-refractivity contribution in [3.63, 3.8) is 0 Å². The summed E-state index contributed by atoms with van der Waals surface area (Å²) in [5, 5.41) is 2.89. The van der Waals surface area contributed by atoms with Crippen molar-refractivity contribution < 1.29 is 14.3 Å². The standard InChI is InChI=1S/C14H20BrNO3/c1-4-5-6-7-16-14(17)10-8-11(18-2)13(15)12(9-10)19-3/h8-9H,4-7H2,1-3H3,(H,16,17). The SMILES string of the molecule is CCCCCNC(=O)c1cc(OC)c(Br)c(OC)c1. The quantitative estimate of drug-likeness (QED) is 0.780. The van der Waals surface area contributed by atoms with E-state index in [1.807, 2.05) is 0 Å². The molecule has 1 aromatic carbocycles. The van der Waals surface area contributed by atoms with Crippen molar-refractivity contribution in [3.05, 3.63) is 22.2 Å². The van der Waals surface area contributed by atoms with Gasteiger partial charge in [-0.3, -0.25) is 4.79 Å². The predicted molar refractivity (Wildman–Crippen MR) is 79.1 cm³/mol. The Hall–Kier alpha value is -1.23. The molecule has 0 heterocycles. The van der Waals surface area contributed by atoms with Crippen LogP contribution in [0, 0.1) is 0 Å². The van der Waals surface area contributed by atoms with Crippen LogP contribution in [0.25, 0.3) is 0 Å². The first-order valence-electron chi connectivity index (χ1n) is 6.33. The van der Waals surface area contributed by atoms with Gasteiger partial charge in [-0.1, -0.05) is 19.8 Å². The van der Waals surface area contributed by atoms with Crippen LogP contribution in [0.5, 0.6) is 11.5 Å². The second-order valence-corrected chi connectivity index (χ2v) is 4.95. The Morgan fingerprint density at radius 2 is 1.79 bits per heavy atom. The summed E-state index contributed by atoms with van der Waals surface area (Å²) in [6.07, 6.45) is 3.25. The van der Waals surface area contributed by atoms with Crippen molar-refractivity contribution in [3.8, 4) is 11.5 Å². The topological polar surface area (TPSA) is 47.6 Å². The Kier molecular flexibility index (Phi) is 6.70. The summed E-state index contributed by atoms with van der Waals surface area (Å²) in [7, 11) is 3.12. The monoisotopic (exact) mass is 329 g/mol. The smallest absolute Gasteiger partial charge is 0.251 e. The fraction of sp³-hybridized carbons (Fsp3) is 0.500. The number of rotatable bonds is 7. The zero-order valence-corrected chi connectivity index (χ0v) is 13.2. The first kappa shape index (κ1) is 15.8. The molecular formula is C14H20BrNO3. The summed E-state index contributed by atoms with van der Waals surface area (Å²) in [5.41, 5.74) is 0.536. The maximum atomic E-state index is 12.0. The highest BCUT2D eigenvalue weighted by molar-refractivity contribution is 9.10. The van der Waals surface area contributed by atoms with Gasteiger partial charge in [0, 0.05) is 12.1 Å². The van der Waals surface area contributed by atoms with E-state index in [-0.39, 0.29) is 5.91 Å². The summed E-state index contributed by atoms with van der Waals surface area (Å²) >= 11 is 3.38. The molecule has 0 fully saturated rings. The molecule has 0 radical (unpaired) electrons. The average molecular weight is 330 g/mol. The predicted octanol–water partition coefficient (Wildman–Crippen LogP) is 3.39. The van der Waals surface area contributed by atoms with Crippen LogP contribution < -0.4 is 14.8 Å². The molecule has 1 amide bonds. The normalized spacial score (nSPS) is 10.1. The molecule has 0 aliphatic carbocycles. The third-order valence-electron chi connectivity index (χ3n) is 2.77. The molecule has 0 aliphatic rings. The van der Waals surface area contributed by atoms with Gasteiger partial charge in [0.15, 0.2) is 0 Å². The summed E-state index contributed by atoms with van der Waals surface area (Å²) in [4.78, 5) is 12.0. The molecule has 1 aromatic rings. The molecule has 1 rings (SSSR count). The molecule has 5 heteroatoms. The van der Waals surface area contributed by atoms with Crippen LogP contribution in [-0.4, -0.2) is 26.7 Å². The van der Waals surface area contributed by atoms with Gasteiger partial charge >= 0.3 is 0 Å². The number of carbonyl (C=O) groups is 1. The Bertz CT molecular complexity index is 410. The summed E-state index contributed by atoms with van der Waals surface area (Å²) < 4.78 is 11.1. The number of unbranched alkanes of at least 4 members (excludes halogenated alkanes) is 2. The largest absolute Gasteiger partial charge is 0.495 e. The van der Waals surface area contributed by atoms with Gasteiger partial charge < -0.3 is 14.8 Å². The van der Waals surface area contributed by atoms with E-state index in [1.165, 1.54) is 0 Å². The number of methoxy groups -OCH3 is 2. The lowest BCUT2D eigenvalue weighted by molar-refractivity contribution is 0.0952. The average Bonchev–Trinajstić information content (AvgIpc) is 2.43. The number of halogens is 1. The van der Waals surface area contributed by atoms with Crippen molar-refractivity contribution in [1.82, 2.24) is 5.32 Å². The van der Waals surface area contributed by atoms with E-state index in [1.54, 1.807) is 26.4 Å². The van der Waals surface area contributed by atoms with Crippen molar-refractivity contribution in [2.24, 2.45) is 0 Å². The fourth-order valence-electron chi connectivity index (χ4n) is 1.68. The Morgan fingerprint density at radius 3 is 2.26 bits per heavy atom. The molecule has 4 nitrogen and oxygen atoms in total. The van der Waals surface area contributed by atoms with Gasteiger partial charge in [-0.2, -0.15) is 0 Å². The van der Waals surface area contributed by atoms with Crippen molar-refractivity contribution >= 4 is 21.8 Å². The lowest BCUT2D eigenvalue weighted by Crippen LogP contribution is -2.24. The molecule has 0 atom stereocenters. The highest BCUT2D eigenvalue weighted by Crippen LogP contribution is 2.35. The minimum atomic E-state index is -0.111. The number of hydrogen-bond acceptors (Lipinski definition) is 3. The highest BCUT2D eigenvalue weighted by atomic mass is 79.9. The molecule has 0 unspecified atom stereocenters. The van der Waals surface area contributed by atoms with Gasteiger partial charge in [-0.15, -0.1) is 0 Å². The summed E-state index contributed by atoms with van der Waals surface area (Å²) in [5.74, 6) is 1.05. The van der Waals surface area contributed by atoms with Crippen molar-refractivity contribution in [2.75, 3.05) is 20.8 Å². The third kappa shape index (κ3) is 4.42. The summed E-state index contributed by atoms with van der Waals surface area (Å²) in [6.45, 7) is 2.82. The number of amides is 1. The maximum absolute atomic E-state index is 12.0. The molecule has 19 heavy (non-hydrogen) atoms. The van der Waals surface area contributed by atoms with Crippen molar-refractivity contribution in [1.29, 1.82) is 0 Å². The van der Waals surface area contributed by atoms with Crippen LogP contribution in [0.1, 0.15) is 36.5 Å². The van der Waals surface area contributed by atoms with Crippen LogP contribution >= 0.6 is 15.9 Å². The van der Waals surface area contributed by atoms with Crippen LogP contribution in [0.15, 0.2) is 16.6 Å². The van der Waals surface area contributed by atoms with Crippen molar-refractivity contribution in [2.45, 2.75) is 26.2 Å². The first-order chi connectivity index (χ1) is 9.13. The molecule has 0 saturated carbocycles. The molecule has 0 aliphatic heterocycles. The Balaban J connectivity index is 2.79. The number of hydrogen-bond donors (Lipinski definition) is 1. The number of nitrogens with one attached hydrogen (secondary N) is 1. The molecule has 106 valence electrons. The van der Waals surface area contributed by atoms with E-state index in [9.17, 15) is 4.79 Å². The molecular weight excluding hydrogens is 310 g/mol. The Labute approximate surface area is 122 Å². The minimum Gasteiger partial charge on any atom is -0.495 e. The van der Waals surface area contributed by atoms with E-state index >= 15 is 0 Å². The van der Waals surface area contributed by atoms with Gasteiger partial charge in [-0.05, 0) is 34.5 Å². The van der Waals surface area contributed by atoms with Gasteiger partial charge in [0.05, 0.1) is 14.2 Å². The number of ether oxygens (including phenoxy) is 2. The third-order valence-corrected chi connectivity index (χ3v) is 3.56. The Morgan fingerprint density at radius 1 is 1.21 bits per heavy atom. The minimum absolute atomic E-state index is 0.111. The van der Waals surface area contributed by atoms with Gasteiger partial charge in [0.1, 0.15) is 16.0 Å². The van der Waals surface area contributed by atoms with Crippen LogP contribution in [0.4, 0.5) is 0 Å². The zero-order valence-electron chi connectivity index (χ0n) is 11.6. The van der Waals surface area contributed by atoms with Gasteiger partial charge in [0.2, 0.25) is 0 Å². The number of benzene rings is 1. The molecule has 0 saturated heterocycles. The second-order valence-electron chi connectivity index (χ2n) is 4.16. The first-order valence-corrected chi connectivity index (χ1v) is 7.13. The molecule has 0 aromatic heterocycles. The number of carbonyl (C=O) groups excluding carboxylic acids is 1. The van der Waals surface area contributed by atoms with E-state index in [2.05, 4.69) is 28.2 Å². The summed E-state index contributed by atoms with van der Waals surface area (Å²) in [6, 6.07) is 3.39. The van der Waals surface area contributed by atoms with Crippen LogP contribution in [-0.2, 0) is 0 Å². The second kappa shape index (κ2) is 8.04. The fourth-order valence-corrected chi connectivity index (χ4v) is 2.23.